The lowest BCUT2D eigenvalue weighted by atomic mass is 9.79. The Bertz CT molecular complexity index is 797. The molecule has 29 heavy (non-hydrogen) atoms. The van der Waals surface area contributed by atoms with Gasteiger partial charge in [0.25, 0.3) is 0 Å². The molecule has 2 aliphatic rings. The van der Waals surface area contributed by atoms with Gasteiger partial charge in [0.1, 0.15) is 5.75 Å². The van der Waals surface area contributed by atoms with Gasteiger partial charge < -0.3 is 10.1 Å². The van der Waals surface area contributed by atoms with Crippen LogP contribution in [0.4, 0.5) is 18.9 Å². The quantitative estimate of drug-likeness (QED) is 0.568. The fourth-order valence-corrected chi connectivity index (χ4v) is 4.58. The number of benzene rings is 2. The second-order valence-electron chi connectivity index (χ2n) is 7.59. The smallest absolute Gasteiger partial charge is 0.406 e. The van der Waals surface area contributed by atoms with E-state index < -0.39 is 6.36 Å². The Labute approximate surface area is 171 Å². The van der Waals surface area contributed by atoms with Gasteiger partial charge in [-0.25, -0.2) is 0 Å². The molecule has 2 nitrogen and oxygen atoms in total. The average molecular weight is 406 g/mol. The van der Waals surface area contributed by atoms with E-state index in [1.165, 1.54) is 49.8 Å². The van der Waals surface area contributed by atoms with Crippen LogP contribution in [0.15, 0.2) is 42.5 Å². The fourth-order valence-electron chi connectivity index (χ4n) is 4.58. The normalized spacial score (nSPS) is 19.4. The number of halogens is 3. The first-order valence-corrected chi connectivity index (χ1v) is 10.7. The van der Waals surface area contributed by atoms with Crippen molar-refractivity contribution in [3.8, 4) is 16.9 Å². The lowest BCUT2D eigenvalue weighted by Crippen LogP contribution is -2.34. The summed E-state index contributed by atoms with van der Waals surface area (Å²) in [5.74, 6) is 0.556. The zero-order valence-corrected chi connectivity index (χ0v) is 17.2. The van der Waals surface area contributed by atoms with Crippen LogP contribution in [0.3, 0.4) is 0 Å². The lowest BCUT2D eigenvalue weighted by molar-refractivity contribution is -0.274. The van der Waals surface area contributed by atoms with Crippen molar-refractivity contribution in [1.29, 1.82) is 0 Å². The van der Waals surface area contributed by atoms with Crippen molar-refractivity contribution in [3.05, 3.63) is 48.0 Å². The number of hydrogen-bond donors (Lipinski definition) is 1. The highest BCUT2D eigenvalue weighted by atomic mass is 19.4. The van der Waals surface area contributed by atoms with Crippen molar-refractivity contribution in [2.24, 2.45) is 5.92 Å². The largest absolute Gasteiger partial charge is 0.573 e. The zero-order valence-electron chi connectivity index (χ0n) is 17.2. The molecular formula is C24H30F3NO. The van der Waals surface area contributed by atoms with Gasteiger partial charge in [-0.15, -0.1) is 13.2 Å². The fraction of sp³-hybridized carbons (Fsp3) is 0.500. The minimum absolute atomic E-state index is 0.179. The van der Waals surface area contributed by atoms with Gasteiger partial charge in [-0.1, -0.05) is 57.4 Å². The molecule has 1 aliphatic carbocycles. The third-order valence-corrected chi connectivity index (χ3v) is 5.82. The Morgan fingerprint density at radius 2 is 1.66 bits per heavy atom. The van der Waals surface area contributed by atoms with E-state index in [9.17, 15) is 13.2 Å². The highest BCUT2D eigenvalue weighted by Crippen LogP contribution is 2.39. The highest BCUT2D eigenvalue weighted by Gasteiger charge is 2.31. The number of fused-ring (bicyclic) bond motifs is 1. The first-order chi connectivity index (χ1) is 14.0. The molecule has 1 unspecified atom stereocenters. The van der Waals surface area contributed by atoms with Crippen molar-refractivity contribution >= 4 is 5.69 Å². The predicted octanol–water partition coefficient (Wildman–Crippen LogP) is 7.59. The van der Waals surface area contributed by atoms with E-state index in [0.717, 1.165) is 35.6 Å². The monoisotopic (exact) mass is 405 g/mol. The Hall–Kier alpha value is -2.17. The van der Waals surface area contributed by atoms with E-state index in [2.05, 4.69) is 16.1 Å². The van der Waals surface area contributed by atoms with Gasteiger partial charge in [0.2, 0.25) is 0 Å². The van der Waals surface area contributed by atoms with Crippen LogP contribution in [-0.4, -0.2) is 12.4 Å². The van der Waals surface area contributed by atoms with E-state index in [4.69, 9.17) is 0 Å². The molecule has 5 heteroatoms. The molecule has 0 aromatic heterocycles. The van der Waals surface area contributed by atoms with Crippen molar-refractivity contribution in [1.82, 2.24) is 0 Å². The maximum atomic E-state index is 12.5. The minimum atomic E-state index is -4.68. The molecule has 0 saturated heterocycles. The number of alkyl halides is 3. The first kappa shape index (κ1) is 21.5. The summed E-state index contributed by atoms with van der Waals surface area (Å²) in [5, 5.41) is 3.72. The van der Waals surface area contributed by atoms with Gasteiger partial charge in [-0.05, 0) is 66.5 Å². The van der Waals surface area contributed by atoms with Crippen molar-refractivity contribution in [3.63, 3.8) is 0 Å². The first-order valence-electron chi connectivity index (χ1n) is 10.7. The van der Waals surface area contributed by atoms with Crippen molar-refractivity contribution in [2.45, 2.75) is 71.2 Å². The molecule has 1 atom stereocenters. The van der Waals surface area contributed by atoms with Gasteiger partial charge >= 0.3 is 6.36 Å². The average Bonchev–Trinajstić information content (AvgIpc) is 2.74. The minimum Gasteiger partial charge on any atom is -0.406 e. The second kappa shape index (κ2) is 9.55. The Morgan fingerprint density at radius 3 is 2.38 bits per heavy atom. The Morgan fingerprint density at radius 1 is 0.931 bits per heavy atom. The summed E-state index contributed by atoms with van der Waals surface area (Å²) >= 11 is 0. The van der Waals surface area contributed by atoms with Crippen LogP contribution < -0.4 is 10.1 Å². The summed E-state index contributed by atoms with van der Waals surface area (Å²) in [6.07, 6.45) is 3.93. The van der Waals surface area contributed by atoms with Crippen molar-refractivity contribution in [2.75, 3.05) is 5.32 Å². The molecule has 1 aliphatic heterocycles. The summed E-state index contributed by atoms with van der Waals surface area (Å²) in [5.41, 5.74) is 4.05. The van der Waals surface area contributed by atoms with E-state index in [1.807, 2.05) is 32.0 Å². The predicted molar refractivity (Wildman–Crippen MR) is 112 cm³/mol. The maximum absolute atomic E-state index is 12.5. The van der Waals surface area contributed by atoms with E-state index in [0.29, 0.717) is 6.04 Å². The molecule has 0 spiro atoms. The SMILES string of the molecule is CC.FC(F)(F)Oc1cccc(-c2cccc3c2CCC(C2CCCCC2)N3)c1. The van der Waals surface area contributed by atoms with E-state index in [-0.39, 0.29) is 5.75 Å². The number of rotatable bonds is 3. The van der Waals surface area contributed by atoms with Crippen LogP contribution in [0.1, 0.15) is 57.9 Å². The molecule has 1 heterocycles. The van der Waals surface area contributed by atoms with Gasteiger partial charge in [-0.3, -0.25) is 0 Å². The number of hydrogen-bond acceptors (Lipinski definition) is 2. The summed E-state index contributed by atoms with van der Waals surface area (Å²) in [7, 11) is 0. The standard InChI is InChI=1S/C22H24F3NO.C2H6/c23-22(24,25)27-17-9-4-8-16(14-17)18-10-5-11-21-19(18)12-13-20(26-21)15-6-2-1-3-7-15;1-2/h4-5,8-11,14-15,20,26H,1-3,6-7,12-13H2;1-2H3. The molecule has 1 saturated carbocycles. The summed E-state index contributed by atoms with van der Waals surface area (Å²) in [4.78, 5) is 0. The zero-order chi connectivity index (χ0) is 20.9. The molecule has 2 aromatic carbocycles. The molecular weight excluding hydrogens is 375 g/mol. The summed E-state index contributed by atoms with van der Waals surface area (Å²) in [6.45, 7) is 4.00. The summed E-state index contributed by atoms with van der Waals surface area (Å²) < 4.78 is 41.7. The topological polar surface area (TPSA) is 21.3 Å². The van der Waals surface area contributed by atoms with Crippen molar-refractivity contribution < 1.29 is 17.9 Å². The van der Waals surface area contributed by atoms with Gasteiger partial charge in [0, 0.05) is 11.7 Å². The molecule has 1 N–H and O–H groups in total. The van der Waals surface area contributed by atoms with Crippen LogP contribution in [0.5, 0.6) is 5.75 Å². The third-order valence-electron chi connectivity index (χ3n) is 5.82. The molecule has 0 radical (unpaired) electrons. The van der Waals surface area contributed by atoms with Gasteiger partial charge in [0.05, 0.1) is 0 Å². The van der Waals surface area contributed by atoms with Crippen LogP contribution in [-0.2, 0) is 6.42 Å². The second-order valence-corrected chi connectivity index (χ2v) is 7.59. The lowest BCUT2D eigenvalue weighted by Gasteiger charge is -2.36. The molecule has 158 valence electrons. The van der Waals surface area contributed by atoms with Crippen LogP contribution >= 0.6 is 0 Å². The molecule has 1 fully saturated rings. The molecule has 2 aromatic rings. The maximum Gasteiger partial charge on any atom is 0.573 e. The van der Waals surface area contributed by atoms with E-state index >= 15 is 0 Å². The van der Waals surface area contributed by atoms with Crippen LogP contribution in [0.25, 0.3) is 11.1 Å². The number of anilines is 1. The Kier molecular flexibility index (Phi) is 7.09. The third kappa shape index (κ3) is 5.46. The van der Waals surface area contributed by atoms with Crippen LogP contribution in [0.2, 0.25) is 0 Å². The molecule has 0 bridgehead atoms. The number of nitrogens with one attached hydrogen (secondary N) is 1. The molecule has 0 amide bonds. The van der Waals surface area contributed by atoms with Gasteiger partial charge in [-0.2, -0.15) is 0 Å². The van der Waals surface area contributed by atoms with E-state index in [1.54, 1.807) is 6.07 Å². The van der Waals surface area contributed by atoms with Crippen LogP contribution in [0, 0.1) is 5.92 Å². The molecule has 4 rings (SSSR count). The summed E-state index contributed by atoms with van der Waals surface area (Å²) in [6, 6.07) is 12.8. The number of ether oxygens (including phenoxy) is 1. The van der Waals surface area contributed by atoms with Gasteiger partial charge in [0.15, 0.2) is 0 Å². The Balaban J connectivity index is 0.00000117. The highest BCUT2D eigenvalue weighted by molar-refractivity contribution is 5.75.